The number of ether oxygens (including phenoxy) is 2. The van der Waals surface area contributed by atoms with Gasteiger partial charge in [-0.25, -0.2) is 9.59 Å². The lowest BCUT2D eigenvalue weighted by Gasteiger charge is -2.25. The summed E-state index contributed by atoms with van der Waals surface area (Å²) >= 11 is 5.95. The number of likely N-dealkylation sites (tertiary alicyclic amines) is 1. The zero-order valence-corrected chi connectivity index (χ0v) is 15.2. The van der Waals surface area contributed by atoms with Crippen LogP contribution in [0.3, 0.4) is 0 Å². The summed E-state index contributed by atoms with van der Waals surface area (Å²) < 4.78 is 10.3. The van der Waals surface area contributed by atoms with Gasteiger partial charge in [-0.2, -0.15) is 0 Å². The van der Waals surface area contributed by atoms with Gasteiger partial charge < -0.3 is 9.47 Å². The summed E-state index contributed by atoms with van der Waals surface area (Å²) in [6.45, 7) is 0.594. The van der Waals surface area contributed by atoms with Crippen LogP contribution in [0, 0.1) is 0 Å². The van der Waals surface area contributed by atoms with Gasteiger partial charge in [0.1, 0.15) is 12.6 Å². The maximum Gasteiger partial charge on any atom is 0.410 e. The number of amides is 1. The van der Waals surface area contributed by atoms with Crippen LogP contribution in [-0.2, 0) is 20.9 Å². The average molecular weight is 374 g/mol. The van der Waals surface area contributed by atoms with Crippen LogP contribution in [0.15, 0.2) is 54.6 Å². The van der Waals surface area contributed by atoms with Crippen molar-refractivity contribution >= 4 is 23.7 Å². The van der Waals surface area contributed by atoms with Gasteiger partial charge in [-0.1, -0.05) is 54.1 Å². The Balaban J connectivity index is 1.74. The van der Waals surface area contributed by atoms with Gasteiger partial charge in [0.15, 0.2) is 0 Å². The Morgan fingerprint density at radius 2 is 1.81 bits per heavy atom. The van der Waals surface area contributed by atoms with E-state index in [9.17, 15) is 9.59 Å². The minimum Gasteiger partial charge on any atom is -0.467 e. The first-order valence-electron chi connectivity index (χ1n) is 8.40. The van der Waals surface area contributed by atoms with Gasteiger partial charge in [-0.15, -0.1) is 0 Å². The van der Waals surface area contributed by atoms with E-state index in [1.807, 2.05) is 42.5 Å². The predicted octanol–water partition coefficient (Wildman–Crippen LogP) is 4.01. The molecule has 2 atom stereocenters. The fourth-order valence-corrected chi connectivity index (χ4v) is 3.40. The number of rotatable bonds is 4. The molecule has 1 aliphatic heterocycles. The normalized spacial score (nSPS) is 19.2. The third-order valence-electron chi connectivity index (χ3n) is 4.58. The van der Waals surface area contributed by atoms with Crippen LogP contribution in [0.1, 0.15) is 23.5 Å². The Bertz CT molecular complexity index is 763. The highest BCUT2D eigenvalue weighted by atomic mass is 35.5. The summed E-state index contributed by atoms with van der Waals surface area (Å²) in [5.74, 6) is -0.594. The lowest BCUT2D eigenvalue weighted by molar-refractivity contribution is -0.145. The van der Waals surface area contributed by atoms with Gasteiger partial charge in [0.05, 0.1) is 7.11 Å². The van der Waals surface area contributed by atoms with Crippen LogP contribution in [0.4, 0.5) is 4.79 Å². The van der Waals surface area contributed by atoms with E-state index < -0.39 is 18.1 Å². The minimum absolute atomic E-state index is 0.149. The molecule has 2 aromatic carbocycles. The molecule has 1 aliphatic rings. The number of benzene rings is 2. The third-order valence-corrected chi connectivity index (χ3v) is 4.83. The lowest BCUT2D eigenvalue weighted by atomic mass is 9.92. The van der Waals surface area contributed by atoms with Crippen molar-refractivity contribution in [3.8, 4) is 0 Å². The summed E-state index contributed by atoms with van der Waals surface area (Å²) in [6.07, 6.45) is 0.141. The van der Waals surface area contributed by atoms with Crippen molar-refractivity contribution in [3.63, 3.8) is 0 Å². The van der Waals surface area contributed by atoms with Crippen molar-refractivity contribution in [3.05, 3.63) is 70.7 Å². The van der Waals surface area contributed by atoms with Crippen LogP contribution >= 0.6 is 11.6 Å². The summed E-state index contributed by atoms with van der Waals surface area (Å²) in [6, 6.07) is 16.0. The molecule has 0 saturated carbocycles. The summed E-state index contributed by atoms with van der Waals surface area (Å²) in [5.41, 5.74) is 1.84. The minimum atomic E-state index is -0.704. The fourth-order valence-electron chi connectivity index (χ4n) is 3.27. The number of hydrogen-bond donors (Lipinski definition) is 0. The molecular formula is C20H20ClNO4. The van der Waals surface area contributed by atoms with Crippen molar-refractivity contribution in [2.24, 2.45) is 0 Å². The number of esters is 1. The maximum atomic E-state index is 12.6. The maximum absolute atomic E-state index is 12.6. The number of nitrogens with zero attached hydrogens (tertiary/aromatic N) is 1. The van der Waals surface area contributed by atoms with Crippen LogP contribution in [0.5, 0.6) is 0 Å². The second kappa shape index (κ2) is 8.23. The summed E-state index contributed by atoms with van der Waals surface area (Å²) in [5, 5.41) is 0.625. The molecule has 26 heavy (non-hydrogen) atoms. The van der Waals surface area contributed by atoms with Gasteiger partial charge in [0.2, 0.25) is 0 Å². The van der Waals surface area contributed by atoms with Crippen molar-refractivity contribution in [1.82, 2.24) is 4.90 Å². The molecule has 1 saturated heterocycles. The molecule has 0 bridgehead atoms. The van der Waals surface area contributed by atoms with E-state index in [1.165, 1.54) is 12.0 Å². The zero-order valence-electron chi connectivity index (χ0n) is 14.4. The Morgan fingerprint density at radius 3 is 2.46 bits per heavy atom. The second-order valence-electron chi connectivity index (χ2n) is 6.15. The van der Waals surface area contributed by atoms with Gasteiger partial charge >= 0.3 is 12.1 Å². The zero-order chi connectivity index (χ0) is 18.5. The number of carbonyl (C=O) groups is 2. The standard InChI is InChI=1S/C20H20ClNO4/c1-25-19(23)18-17(15-7-9-16(21)10-8-15)11-12-22(18)20(24)26-13-14-5-3-2-4-6-14/h2-10,17-18H,11-13H2,1H3/t17-,18+/m0/s1. The topological polar surface area (TPSA) is 55.8 Å². The smallest absolute Gasteiger partial charge is 0.410 e. The van der Waals surface area contributed by atoms with Crippen LogP contribution in [-0.4, -0.2) is 36.7 Å². The molecule has 5 nitrogen and oxygen atoms in total. The quantitative estimate of drug-likeness (QED) is 0.760. The Morgan fingerprint density at radius 1 is 1.12 bits per heavy atom. The molecule has 0 aliphatic carbocycles. The molecule has 1 heterocycles. The molecule has 1 fully saturated rings. The Labute approximate surface area is 157 Å². The molecule has 136 valence electrons. The van der Waals surface area contributed by atoms with E-state index in [2.05, 4.69) is 0 Å². The van der Waals surface area contributed by atoms with Gasteiger partial charge in [0.25, 0.3) is 0 Å². The monoisotopic (exact) mass is 373 g/mol. The first kappa shape index (κ1) is 18.3. The van der Waals surface area contributed by atoms with E-state index in [-0.39, 0.29) is 12.5 Å². The van der Waals surface area contributed by atoms with E-state index in [0.29, 0.717) is 18.0 Å². The first-order chi connectivity index (χ1) is 12.6. The number of carbonyl (C=O) groups excluding carboxylic acids is 2. The van der Waals surface area contributed by atoms with Gasteiger partial charge in [-0.3, -0.25) is 4.90 Å². The molecule has 0 spiro atoms. The first-order valence-corrected chi connectivity index (χ1v) is 8.78. The van der Waals surface area contributed by atoms with Crippen molar-refractivity contribution in [1.29, 1.82) is 0 Å². The molecule has 3 rings (SSSR count). The largest absolute Gasteiger partial charge is 0.467 e. The number of halogens is 1. The molecule has 1 amide bonds. The Kier molecular flexibility index (Phi) is 5.78. The number of methoxy groups -OCH3 is 1. The highest BCUT2D eigenvalue weighted by Crippen LogP contribution is 2.35. The molecule has 6 heteroatoms. The molecular weight excluding hydrogens is 354 g/mol. The van der Waals surface area contributed by atoms with E-state index in [0.717, 1.165) is 11.1 Å². The third kappa shape index (κ3) is 3.99. The van der Waals surface area contributed by atoms with Crippen LogP contribution in [0.25, 0.3) is 0 Å². The van der Waals surface area contributed by atoms with Crippen molar-refractivity contribution in [2.75, 3.05) is 13.7 Å². The van der Waals surface area contributed by atoms with Crippen LogP contribution < -0.4 is 0 Å². The van der Waals surface area contributed by atoms with Crippen molar-refractivity contribution in [2.45, 2.75) is 25.0 Å². The summed E-state index contributed by atoms with van der Waals surface area (Å²) in [4.78, 5) is 26.4. The second-order valence-corrected chi connectivity index (χ2v) is 6.58. The highest BCUT2D eigenvalue weighted by Gasteiger charge is 2.44. The SMILES string of the molecule is COC(=O)[C@H]1[C@H](c2ccc(Cl)cc2)CCN1C(=O)OCc1ccccc1. The molecule has 0 unspecified atom stereocenters. The van der Waals surface area contributed by atoms with Gasteiger partial charge in [-0.05, 0) is 29.7 Å². The van der Waals surface area contributed by atoms with Gasteiger partial charge in [0, 0.05) is 17.5 Å². The van der Waals surface area contributed by atoms with E-state index in [1.54, 1.807) is 12.1 Å². The van der Waals surface area contributed by atoms with Crippen molar-refractivity contribution < 1.29 is 19.1 Å². The molecule has 0 radical (unpaired) electrons. The van der Waals surface area contributed by atoms with Crippen LogP contribution in [0.2, 0.25) is 5.02 Å². The van der Waals surface area contributed by atoms with E-state index >= 15 is 0 Å². The van der Waals surface area contributed by atoms with E-state index in [4.69, 9.17) is 21.1 Å². The average Bonchev–Trinajstić information content (AvgIpc) is 3.12. The highest BCUT2D eigenvalue weighted by molar-refractivity contribution is 6.30. The molecule has 0 aromatic heterocycles. The number of hydrogen-bond acceptors (Lipinski definition) is 4. The fraction of sp³-hybridized carbons (Fsp3) is 0.300. The Hall–Kier alpha value is -2.53. The molecule has 0 N–H and O–H groups in total. The lowest BCUT2D eigenvalue weighted by Crippen LogP contribution is -2.43. The summed E-state index contributed by atoms with van der Waals surface area (Å²) in [7, 11) is 1.33. The molecule has 2 aromatic rings. The predicted molar refractivity (Wildman–Crippen MR) is 97.9 cm³/mol.